The summed E-state index contributed by atoms with van der Waals surface area (Å²) in [6, 6.07) is 10.2. The summed E-state index contributed by atoms with van der Waals surface area (Å²) < 4.78 is 30.1. The molecule has 0 bridgehead atoms. The summed E-state index contributed by atoms with van der Waals surface area (Å²) >= 11 is 0. The Morgan fingerprint density at radius 1 is 1.20 bits per heavy atom. The Morgan fingerprint density at radius 2 is 2.03 bits per heavy atom. The van der Waals surface area contributed by atoms with E-state index in [1.54, 1.807) is 36.1 Å². The van der Waals surface area contributed by atoms with Crippen LogP contribution >= 0.6 is 0 Å². The molecule has 1 aromatic carbocycles. The molecule has 0 unspecified atom stereocenters. The van der Waals surface area contributed by atoms with Crippen molar-refractivity contribution in [1.82, 2.24) is 20.0 Å². The number of oxazole rings is 1. The molecule has 11 heteroatoms. The van der Waals surface area contributed by atoms with E-state index in [0.717, 1.165) is 0 Å². The Kier molecular flexibility index (Phi) is 6.01. The van der Waals surface area contributed by atoms with Crippen molar-refractivity contribution in [3.63, 3.8) is 0 Å². The maximum Gasteiger partial charge on any atom is 0.266 e. The predicted octanol–water partition coefficient (Wildman–Crippen LogP) is 3.59. The second-order valence-electron chi connectivity index (χ2n) is 8.11. The van der Waals surface area contributed by atoms with Crippen LogP contribution in [0.4, 0.5) is 10.3 Å². The van der Waals surface area contributed by atoms with E-state index >= 15 is 0 Å². The number of furan rings is 1. The van der Waals surface area contributed by atoms with Gasteiger partial charge in [0.15, 0.2) is 5.76 Å². The SMILES string of the molecule is Cc1ccc(-c2noc(CCC(=O)N3CCN(c4oc(-c5ccco5)nc4C#N)CC3)n2)cc1F. The fourth-order valence-electron chi connectivity index (χ4n) is 3.84. The highest BCUT2D eigenvalue weighted by molar-refractivity contribution is 5.76. The van der Waals surface area contributed by atoms with Gasteiger partial charge in [0, 0.05) is 44.6 Å². The molecular weight excluding hydrogens is 455 g/mol. The van der Waals surface area contributed by atoms with Crippen LogP contribution in [0.25, 0.3) is 23.0 Å². The zero-order valence-electron chi connectivity index (χ0n) is 18.9. The van der Waals surface area contributed by atoms with Crippen molar-refractivity contribution < 1.29 is 22.5 Å². The molecule has 10 nitrogen and oxygen atoms in total. The highest BCUT2D eigenvalue weighted by Gasteiger charge is 2.27. The van der Waals surface area contributed by atoms with Gasteiger partial charge < -0.3 is 23.2 Å². The van der Waals surface area contributed by atoms with Crippen LogP contribution in [-0.4, -0.2) is 52.1 Å². The number of aryl methyl sites for hydroxylation is 2. The molecule has 4 heterocycles. The van der Waals surface area contributed by atoms with E-state index in [1.165, 1.54) is 12.3 Å². The van der Waals surface area contributed by atoms with Gasteiger partial charge in [0.05, 0.1) is 6.26 Å². The number of nitrogens with zero attached hydrogens (tertiary/aromatic N) is 6. The zero-order valence-corrected chi connectivity index (χ0v) is 18.9. The fraction of sp³-hybridized carbons (Fsp3) is 0.292. The maximum atomic E-state index is 13.8. The fourth-order valence-corrected chi connectivity index (χ4v) is 3.84. The maximum absolute atomic E-state index is 13.8. The molecule has 0 spiro atoms. The number of aromatic nitrogens is 3. The van der Waals surface area contributed by atoms with Crippen molar-refractivity contribution in [2.24, 2.45) is 0 Å². The second kappa shape index (κ2) is 9.42. The van der Waals surface area contributed by atoms with Crippen LogP contribution in [0, 0.1) is 24.1 Å². The van der Waals surface area contributed by atoms with Gasteiger partial charge in [0.1, 0.15) is 11.9 Å². The van der Waals surface area contributed by atoms with Gasteiger partial charge in [0.25, 0.3) is 5.89 Å². The van der Waals surface area contributed by atoms with Crippen molar-refractivity contribution >= 4 is 11.8 Å². The van der Waals surface area contributed by atoms with Gasteiger partial charge in [0.2, 0.25) is 29.2 Å². The number of carbonyl (C=O) groups is 1. The molecule has 1 saturated heterocycles. The minimum absolute atomic E-state index is 0.0415. The lowest BCUT2D eigenvalue weighted by Gasteiger charge is -2.34. The highest BCUT2D eigenvalue weighted by Crippen LogP contribution is 2.29. The number of amides is 1. The van der Waals surface area contributed by atoms with E-state index in [1.807, 2.05) is 4.90 Å². The van der Waals surface area contributed by atoms with E-state index in [0.29, 0.717) is 54.8 Å². The average molecular weight is 476 g/mol. The number of hydrogen-bond acceptors (Lipinski definition) is 9. The molecule has 35 heavy (non-hydrogen) atoms. The van der Waals surface area contributed by atoms with Crippen LogP contribution in [0.1, 0.15) is 23.6 Å². The van der Waals surface area contributed by atoms with Crippen LogP contribution in [0.2, 0.25) is 0 Å². The molecule has 1 aliphatic heterocycles. The Hall–Kier alpha value is -4.46. The number of halogens is 1. The van der Waals surface area contributed by atoms with E-state index < -0.39 is 0 Å². The lowest BCUT2D eigenvalue weighted by atomic mass is 10.1. The van der Waals surface area contributed by atoms with Gasteiger partial charge in [-0.15, -0.1) is 0 Å². The van der Waals surface area contributed by atoms with Gasteiger partial charge in [-0.2, -0.15) is 15.2 Å². The van der Waals surface area contributed by atoms with Crippen LogP contribution in [-0.2, 0) is 11.2 Å². The number of hydrogen-bond donors (Lipinski definition) is 0. The third kappa shape index (κ3) is 4.63. The van der Waals surface area contributed by atoms with E-state index in [4.69, 9.17) is 13.4 Å². The largest absolute Gasteiger partial charge is 0.459 e. The second-order valence-corrected chi connectivity index (χ2v) is 8.11. The molecule has 178 valence electrons. The molecule has 4 aromatic rings. The molecule has 0 N–H and O–H groups in total. The summed E-state index contributed by atoms with van der Waals surface area (Å²) in [4.78, 5) is 24.9. The Bertz CT molecular complexity index is 1380. The summed E-state index contributed by atoms with van der Waals surface area (Å²) in [5.74, 6) is 1.28. The molecule has 0 saturated carbocycles. The number of piperazine rings is 1. The van der Waals surface area contributed by atoms with E-state index in [9.17, 15) is 14.4 Å². The summed E-state index contributed by atoms with van der Waals surface area (Å²) in [5, 5.41) is 13.3. The van der Waals surface area contributed by atoms with Crippen LogP contribution in [0.15, 0.2) is 50.0 Å². The number of carbonyl (C=O) groups excluding carboxylic acids is 1. The summed E-state index contributed by atoms with van der Waals surface area (Å²) in [6.07, 6.45) is 2.00. The molecule has 5 rings (SSSR count). The quantitative estimate of drug-likeness (QED) is 0.410. The Morgan fingerprint density at radius 3 is 2.74 bits per heavy atom. The van der Waals surface area contributed by atoms with Gasteiger partial charge in [-0.3, -0.25) is 4.79 Å². The molecule has 0 atom stereocenters. The summed E-state index contributed by atoms with van der Waals surface area (Å²) in [5.41, 5.74) is 1.23. The van der Waals surface area contributed by atoms with Crippen LogP contribution < -0.4 is 4.90 Å². The number of benzene rings is 1. The first kappa shape index (κ1) is 22.3. The molecule has 1 aliphatic rings. The smallest absolute Gasteiger partial charge is 0.266 e. The third-order valence-corrected chi connectivity index (χ3v) is 5.82. The van der Waals surface area contributed by atoms with Crippen LogP contribution in [0.5, 0.6) is 0 Å². The number of rotatable bonds is 6. The standard InChI is InChI=1S/C24H21FN6O4/c1-15-4-5-16(13-17(15)25)22-28-20(35-29-22)6-7-21(32)30-8-10-31(11-9-30)24-18(14-26)27-23(34-24)19-3-2-12-33-19/h2-5,12-13H,6-11H2,1H3. The van der Waals surface area contributed by atoms with Crippen molar-refractivity contribution in [2.75, 3.05) is 31.1 Å². The first-order chi connectivity index (χ1) is 17.0. The molecule has 0 radical (unpaired) electrons. The van der Waals surface area contributed by atoms with Gasteiger partial charge in [-0.05, 0) is 30.7 Å². The van der Waals surface area contributed by atoms with Crippen LogP contribution in [0.3, 0.4) is 0 Å². The number of nitriles is 1. The van der Waals surface area contributed by atoms with Crippen molar-refractivity contribution in [3.05, 3.63) is 59.6 Å². The highest BCUT2D eigenvalue weighted by atomic mass is 19.1. The topological polar surface area (TPSA) is 125 Å². The van der Waals surface area contributed by atoms with Crippen molar-refractivity contribution in [2.45, 2.75) is 19.8 Å². The predicted molar refractivity (Wildman–Crippen MR) is 120 cm³/mol. The Balaban J connectivity index is 1.16. The van der Waals surface area contributed by atoms with E-state index in [-0.39, 0.29) is 42.0 Å². The van der Waals surface area contributed by atoms with Gasteiger partial charge in [-0.1, -0.05) is 17.3 Å². The first-order valence-corrected chi connectivity index (χ1v) is 11.1. The molecule has 1 amide bonds. The van der Waals surface area contributed by atoms with E-state index in [2.05, 4.69) is 21.2 Å². The molecular formula is C24H21FN6O4. The molecule has 1 fully saturated rings. The molecule has 0 aliphatic carbocycles. The van der Waals surface area contributed by atoms with Gasteiger partial charge in [-0.25, -0.2) is 4.39 Å². The lowest BCUT2D eigenvalue weighted by Crippen LogP contribution is -2.49. The summed E-state index contributed by atoms with van der Waals surface area (Å²) in [7, 11) is 0. The lowest BCUT2D eigenvalue weighted by molar-refractivity contribution is -0.131. The monoisotopic (exact) mass is 476 g/mol. The third-order valence-electron chi connectivity index (χ3n) is 5.82. The minimum Gasteiger partial charge on any atom is -0.459 e. The number of anilines is 1. The first-order valence-electron chi connectivity index (χ1n) is 11.1. The van der Waals surface area contributed by atoms with Crippen molar-refractivity contribution in [3.8, 4) is 29.1 Å². The minimum atomic E-state index is -0.340. The molecule has 3 aromatic heterocycles. The zero-order chi connectivity index (χ0) is 24.4. The summed E-state index contributed by atoms with van der Waals surface area (Å²) in [6.45, 7) is 3.61. The van der Waals surface area contributed by atoms with Crippen molar-refractivity contribution in [1.29, 1.82) is 5.26 Å². The Labute approximate surface area is 199 Å². The van der Waals surface area contributed by atoms with Gasteiger partial charge >= 0.3 is 0 Å². The average Bonchev–Trinajstić information content (AvgIpc) is 3.65. The normalized spacial score (nSPS) is 13.7.